The van der Waals surface area contributed by atoms with Crippen molar-refractivity contribution in [3.8, 4) is 0 Å². The number of benzene rings is 1. The van der Waals surface area contributed by atoms with E-state index in [9.17, 15) is 4.79 Å². The van der Waals surface area contributed by atoms with Gasteiger partial charge in [-0.2, -0.15) is 0 Å². The smallest absolute Gasteiger partial charge is 0.335 e. The number of carboxylic acid groups (broad SMARTS) is 1. The van der Waals surface area contributed by atoms with Crippen LogP contribution in [0.4, 0.5) is 0 Å². The van der Waals surface area contributed by atoms with E-state index in [4.69, 9.17) is 28.3 Å². The summed E-state index contributed by atoms with van der Waals surface area (Å²) >= 11 is 11.1. The van der Waals surface area contributed by atoms with Crippen molar-refractivity contribution in [3.05, 3.63) is 33.8 Å². The maximum atomic E-state index is 10.4. The number of rotatable bonds is 1. The second kappa shape index (κ2) is 4.55. The lowest BCUT2D eigenvalue weighted by Gasteiger charge is -1.95. The van der Waals surface area contributed by atoms with Gasteiger partial charge in [-0.15, -0.1) is 12.4 Å². The first-order valence-electron chi connectivity index (χ1n) is 2.79. The molecule has 0 aliphatic rings. The average molecular weight is 227 g/mol. The fourth-order valence-corrected chi connectivity index (χ4v) is 1.20. The monoisotopic (exact) mass is 226 g/mol. The summed E-state index contributed by atoms with van der Waals surface area (Å²) in [4.78, 5) is 10.4. The third kappa shape index (κ3) is 2.89. The van der Waals surface area contributed by atoms with Gasteiger partial charge in [-0.05, 0) is 18.2 Å². The SMILES string of the molecule is Cl.O=C(O)c1cc(Cl)cc(Cl)c1. The van der Waals surface area contributed by atoms with Crippen LogP contribution in [-0.4, -0.2) is 11.1 Å². The Morgan fingerprint density at radius 2 is 1.58 bits per heavy atom. The molecule has 66 valence electrons. The van der Waals surface area contributed by atoms with Gasteiger partial charge in [0.15, 0.2) is 0 Å². The highest BCUT2D eigenvalue weighted by molar-refractivity contribution is 6.35. The molecule has 0 aromatic heterocycles. The molecule has 0 fully saturated rings. The van der Waals surface area contributed by atoms with Crippen LogP contribution in [0.1, 0.15) is 10.4 Å². The Morgan fingerprint density at radius 1 is 1.17 bits per heavy atom. The first-order valence-corrected chi connectivity index (χ1v) is 3.54. The summed E-state index contributed by atoms with van der Waals surface area (Å²) in [5.74, 6) is -1.03. The molecule has 0 unspecified atom stereocenters. The van der Waals surface area contributed by atoms with Crippen LogP contribution in [0.2, 0.25) is 10.0 Å². The molecule has 0 aliphatic carbocycles. The first-order chi connectivity index (χ1) is 5.09. The predicted octanol–water partition coefficient (Wildman–Crippen LogP) is 3.11. The molecular formula is C7H5Cl3O2. The number of halogens is 3. The summed E-state index contributed by atoms with van der Waals surface area (Å²) in [6, 6.07) is 4.17. The molecule has 2 nitrogen and oxygen atoms in total. The van der Waals surface area contributed by atoms with Gasteiger partial charge in [0.25, 0.3) is 0 Å². The molecule has 1 aromatic rings. The summed E-state index contributed by atoms with van der Waals surface area (Å²) in [5.41, 5.74) is 0.0995. The molecule has 1 aromatic carbocycles. The van der Waals surface area contributed by atoms with Crippen LogP contribution >= 0.6 is 35.6 Å². The Bertz CT molecular complexity index is 278. The van der Waals surface area contributed by atoms with Crippen molar-refractivity contribution in [3.63, 3.8) is 0 Å². The van der Waals surface area contributed by atoms with E-state index >= 15 is 0 Å². The van der Waals surface area contributed by atoms with Gasteiger partial charge in [-0.25, -0.2) is 4.79 Å². The molecule has 0 spiro atoms. The van der Waals surface area contributed by atoms with Crippen LogP contribution in [0.15, 0.2) is 18.2 Å². The van der Waals surface area contributed by atoms with Gasteiger partial charge < -0.3 is 5.11 Å². The highest BCUT2D eigenvalue weighted by Crippen LogP contribution is 2.18. The summed E-state index contributed by atoms with van der Waals surface area (Å²) in [5, 5.41) is 9.17. The number of hydrogen-bond donors (Lipinski definition) is 1. The predicted molar refractivity (Wildman–Crippen MR) is 50.7 cm³/mol. The largest absolute Gasteiger partial charge is 0.478 e. The van der Waals surface area contributed by atoms with Gasteiger partial charge >= 0.3 is 5.97 Å². The number of hydrogen-bond acceptors (Lipinski definition) is 1. The molecule has 0 amide bonds. The highest BCUT2D eigenvalue weighted by Gasteiger charge is 2.04. The molecular weight excluding hydrogens is 222 g/mol. The molecule has 0 saturated carbocycles. The zero-order chi connectivity index (χ0) is 8.43. The average Bonchev–Trinajstić information content (AvgIpc) is 1.85. The van der Waals surface area contributed by atoms with E-state index in [1.807, 2.05) is 0 Å². The molecule has 1 rings (SSSR count). The van der Waals surface area contributed by atoms with Gasteiger partial charge in [-0.1, -0.05) is 23.2 Å². The van der Waals surface area contributed by atoms with E-state index < -0.39 is 5.97 Å². The van der Waals surface area contributed by atoms with Crippen LogP contribution in [0.3, 0.4) is 0 Å². The highest BCUT2D eigenvalue weighted by atomic mass is 35.5. The topological polar surface area (TPSA) is 37.3 Å². The lowest BCUT2D eigenvalue weighted by atomic mass is 10.2. The maximum Gasteiger partial charge on any atom is 0.335 e. The standard InChI is InChI=1S/C7H4Cl2O2.ClH/c8-5-1-4(7(10)11)2-6(9)3-5;/h1-3H,(H,10,11);1H. The molecule has 12 heavy (non-hydrogen) atoms. The van der Waals surface area contributed by atoms with Gasteiger partial charge in [0, 0.05) is 10.0 Å². The molecule has 0 aliphatic heterocycles. The third-order valence-electron chi connectivity index (χ3n) is 1.11. The van der Waals surface area contributed by atoms with Crippen molar-refractivity contribution in [2.45, 2.75) is 0 Å². The van der Waals surface area contributed by atoms with E-state index in [0.717, 1.165) is 0 Å². The Morgan fingerprint density at radius 3 is 1.92 bits per heavy atom. The molecule has 0 heterocycles. The van der Waals surface area contributed by atoms with Crippen molar-refractivity contribution in [1.82, 2.24) is 0 Å². The van der Waals surface area contributed by atoms with E-state index in [-0.39, 0.29) is 18.0 Å². The second-order valence-corrected chi connectivity index (χ2v) is 2.84. The minimum absolute atomic E-state index is 0. The second-order valence-electron chi connectivity index (χ2n) is 1.96. The summed E-state index contributed by atoms with van der Waals surface area (Å²) < 4.78 is 0. The zero-order valence-electron chi connectivity index (χ0n) is 5.75. The summed E-state index contributed by atoms with van der Waals surface area (Å²) in [7, 11) is 0. The van der Waals surface area contributed by atoms with Crippen LogP contribution in [0, 0.1) is 0 Å². The molecule has 0 saturated heterocycles. The van der Waals surface area contributed by atoms with Crippen molar-refractivity contribution >= 4 is 41.6 Å². The lowest BCUT2D eigenvalue weighted by Crippen LogP contribution is -1.95. The van der Waals surface area contributed by atoms with Crippen LogP contribution < -0.4 is 0 Å². The number of aromatic carboxylic acids is 1. The van der Waals surface area contributed by atoms with Crippen LogP contribution in [0.25, 0.3) is 0 Å². The van der Waals surface area contributed by atoms with Crippen molar-refractivity contribution in [2.24, 2.45) is 0 Å². The van der Waals surface area contributed by atoms with E-state index in [1.165, 1.54) is 18.2 Å². The number of carbonyl (C=O) groups is 1. The number of carboxylic acids is 1. The molecule has 0 radical (unpaired) electrons. The van der Waals surface area contributed by atoms with Gasteiger partial charge in [0.05, 0.1) is 5.56 Å². The Kier molecular flexibility index (Phi) is 4.39. The van der Waals surface area contributed by atoms with Crippen molar-refractivity contribution in [1.29, 1.82) is 0 Å². The molecule has 1 N–H and O–H groups in total. The summed E-state index contributed by atoms with van der Waals surface area (Å²) in [6.45, 7) is 0. The van der Waals surface area contributed by atoms with Crippen LogP contribution in [-0.2, 0) is 0 Å². The minimum atomic E-state index is -1.03. The normalized spacial score (nSPS) is 8.83. The zero-order valence-corrected chi connectivity index (χ0v) is 8.08. The molecule has 0 atom stereocenters. The van der Waals surface area contributed by atoms with E-state index in [0.29, 0.717) is 10.0 Å². The maximum absolute atomic E-state index is 10.4. The Hall–Kier alpha value is -0.440. The van der Waals surface area contributed by atoms with E-state index in [1.54, 1.807) is 0 Å². The Labute approximate surface area is 85.5 Å². The quantitative estimate of drug-likeness (QED) is 0.800. The van der Waals surface area contributed by atoms with Gasteiger partial charge in [0.1, 0.15) is 0 Å². The van der Waals surface area contributed by atoms with Crippen molar-refractivity contribution in [2.75, 3.05) is 0 Å². The third-order valence-corrected chi connectivity index (χ3v) is 1.55. The van der Waals surface area contributed by atoms with Crippen molar-refractivity contribution < 1.29 is 9.90 Å². The Balaban J connectivity index is 0.00000121. The minimum Gasteiger partial charge on any atom is -0.478 e. The molecule has 0 bridgehead atoms. The van der Waals surface area contributed by atoms with Gasteiger partial charge in [0.2, 0.25) is 0 Å². The summed E-state index contributed by atoms with van der Waals surface area (Å²) in [6.07, 6.45) is 0. The lowest BCUT2D eigenvalue weighted by molar-refractivity contribution is 0.0697. The fourth-order valence-electron chi connectivity index (χ4n) is 0.677. The van der Waals surface area contributed by atoms with Crippen LogP contribution in [0.5, 0.6) is 0 Å². The van der Waals surface area contributed by atoms with Gasteiger partial charge in [-0.3, -0.25) is 0 Å². The first kappa shape index (κ1) is 11.6. The van der Waals surface area contributed by atoms with E-state index in [2.05, 4.69) is 0 Å². The molecule has 5 heteroatoms. The fraction of sp³-hybridized carbons (Fsp3) is 0.